The first-order valence-electron chi connectivity index (χ1n) is 8.63. The van der Waals surface area contributed by atoms with Crippen LogP contribution < -0.4 is 16.0 Å². The number of piperidine rings is 1. The van der Waals surface area contributed by atoms with Crippen molar-refractivity contribution in [1.29, 1.82) is 0 Å². The standard InChI is InChI=1S/C18H18F3N5O2/c19-18(20,21)14-5-7-23-17(26-14)25-13-3-1-2-12(9-13)16(28)24-10-11-4-6-22-15(27)8-11/h1-3,5,7,9,11H,4,6,8,10H2,(H,22,27)(H,24,28)(H,23,25,26). The second-order valence-electron chi connectivity index (χ2n) is 6.39. The van der Waals surface area contributed by atoms with Gasteiger partial charge in [0.2, 0.25) is 11.9 Å². The topological polar surface area (TPSA) is 96.0 Å². The molecule has 0 aliphatic carbocycles. The molecule has 1 aromatic heterocycles. The molecule has 10 heteroatoms. The molecule has 3 N–H and O–H groups in total. The minimum atomic E-state index is -4.57. The van der Waals surface area contributed by atoms with Gasteiger partial charge in [-0.2, -0.15) is 13.2 Å². The van der Waals surface area contributed by atoms with E-state index in [1.165, 1.54) is 6.07 Å². The van der Waals surface area contributed by atoms with E-state index < -0.39 is 11.9 Å². The van der Waals surface area contributed by atoms with Gasteiger partial charge in [-0.1, -0.05) is 6.07 Å². The third kappa shape index (κ3) is 5.18. The summed E-state index contributed by atoms with van der Waals surface area (Å²) in [5, 5.41) is 8.18. The van der Waals surface area contributed by atoms with Gasteiger partial charge in [0.1, 0.15) is 5.69 Å². The number of amides is 2. The van der Waals surface area contributed by atoms with E-state index in [1.807, 2.05) is 0 Å². The molecule has 2 heterocycles. The molecule has 28 heavy (non-hydrogen) atoms. The summed E-state index contributed by atoms with van der Waals surface area (Å²) in [7, 11) is 0. The van der Waals surface area contributed by atoms with Gasteiger partial charge in [0.25, 0.3) is 5.91 Å². The van der Waals surface area contributed by atoms with Gasteiger partial charge in [-0.15, -0.1) is 0 Å². The Bertz CT molecular complexity index is 872. The van der Waals surface area contributed by atoms with Crippen LogP contribution in [0.25, 0.3) is 0 Å². The Labute approximate surface area is 158 Å². The van der Waals surface area contributed by atoms with Crippen molar-refractivity contribution in [2.75, 3.05) is 18.4 Å². The molecule has 7 nitrogen and oxygen atoms in total. The SMILES string of the molecule is O=C1CC(CNC(=O)c2cccc(Nc3nccc(C(F)(F)F)n3)c2)CCN1. The van der Waals surface area contributed by atoms with E-state index in [9.17, 15) is 22.8 Å². The smallest absolute Gasteiger partial charge is 0.356 e. The second-order valence-corrected chi connectivity index (χ2v) is 6.39. The highest BCUT2D eigenvalue weighted by molar-refractivity contribution is 5.95. The van der Waals surface area contributed by atoms with E-state index in [0.717, 1.165) is 18.7 Å². The lowest BCUT2D eigenvalue weighted by atomic mass is 9.97. The van der Waals surface area contributed by atoms with Crippen LogP contribution in [0.2, 0.25) is 0 Å². The summed E-state index contributed by atoms with van der Waals surface area (Å²) in [6.07, 6.45) is -2.40. The predicted octanol–water partition coefficient (Wildman–Crippen LogP) is 2.50. The number of carbonyl (C=O) groups excluding carboxylic acids is 2. The van der Waals surface area contributed by atoms with Crippen molar-refractivity contribution < 1.29 is 22.8 Å². The van der Waals surface area contributed by atoms with Crippen LogP contribution in [0.15, 0.2) is 36.5 Å². The molecule has 0 radical (unpaired) electrons. The van der Waals surface area contributed by atoms with E-state index in [-0.39, 0.29) is 23.7 Å². The van der Waals surface area contributed by atoms with Crippen LogP contribution in [-0.2, 0) is 11.0 Å². The number of rotatable bonds is 5. The second kappa shape index (κ2) is 8.24. The molecule has 1 aliphatic heterocycles. The predicted molar refractivity (Wildman–Crippen MR) is 94.8 cm³/mol. The molecule has 2 aromatic rings. The average Bonchev–Trinajstić information content (AvgIpc) is 2.66. The van der Waals surface area contributed by atoms with Crippen molar-refractivity contribution in [1.82, 2.24) is 20.6 Å². The Kier molecular flexibility index (Phi) is 5.76. The van der Waals surface area contributed by atoms with Crippen LogP contribution in [0.5, 0.6) is 0 Å². The van der Waals surface area contributed by atoms with Gasteiger partial charge >= 0.3 is 6.18 Å². The number of hydrogen-bond acceptors (Lipinski definition) is 5. The molecule has 1 aromatic carbocycles. The van der Waals surface area contributed by atoms with Gasteiger partial charge < -0.3 is 16.0 Å². The molecule has 1 aliphatic rings. The van der Waals surface area contributed by atoms with Gasteiger partial charge in [-0.05, 0) is 36.6 Å². The summed E-state index contributed by atoms with van der Waals surface area (Å²) in [4.78, 5) is 30.9. The maximum atomic E-state index is 12.7. The van der Waals surface area contributed by atoms with Gasteiger partial charge in [0.15, 0.2) is 0 Å². The number of aromatic nitrogens is 2. The van der Waals surface area contributed by atoms with Crippen molar-refractivity contribution in [3.05, 3.63) is 47.8 Å². The quantitative estimate of drug-likeness (QED) is 0.725. The lowest BCUT2D eigenvalue weighted by Crippen LogP contribution is -2.39. The molecule has 1 atom stereocenters. The maximum Gasteiger partial charge on any atom is 0.433 e. The number of nitrogens with one attached hydrogen (secondary N) is 3. The molecule has 1 unspecified atom stereocenters. The van der Waals surface area contributed by atoms with Crippen LogP contribution in [0.3, 0.4) is 0 Å². The van der Waals surface area contributed by atoms with E-state index in [2.05, 4.69) is 25.9 Å². The van der Waals surface area contributed by atoms with Crippen molar-refractivity contribution in [3.8, 4) is 0 Å². The summed E-state index contributed by atoms with van der Waals surface area (Å²) in [5.74, 6) is -0.504. The Balaban J connectivity index is 1.63. The lowest BCUT2D eigenvalue weighted by Gasteiger charge is -2.22. The third-order valence-corrected chi connectivity index (χ3v) is 4.23. The minimum absolute atomic E-state index is 0.0298. The highest BCUT2D eigenvalue weighted by atomic mass is 19.4. The highest BCUT2D eigenvalue weighted by Gasteiger charge is 2.32. The first kappa shape index (κ1) is 19.6. The number of carbonyl (C=O) groups is 2. The molecular formula is C18H18F3N5O2. The molecule has 148 valence electrons. The molecular weight excluding hydrogens is 375 g/mol. The Hall–Kier alpha value is -3.17. The zero-order valence-corrected chi connectivity index (χ0v) is 14.7. The Morgan fingerprint density at radius 3 is 2.86 bits per heavy atom. The first-order valence-corrected chi connectivity index (χ1v) is 8.63. The molecule has 2 amide bonds. The van der Waals surface area contributed by atoms with Crippen LogP contribution >= 0.6 is 0 Å². The number of nitrogens with zero attached hydrogens (tertiary/aromatic N) is 2. The summed E-state index contributed by atoms with van der Waals surface area (Å²) >= 11 is 0. The minimum Gasteiger partial charge on any atom is -0.356 e. The molecule has 0 bridgehead atoms. The first-order chi connectivity index (χ1) is 13.3. The summed E-state index contributed by atoms with van der Waals surface area (Å²) in [6, 6.07) is 7.04. The number of alkyl halides is 3. The van der Waals surface area contributed by atoms with Crippen LogP contribution in [0, 0.1) is 5.92 Å². The van der Waals surface area contributed by atoms with Crippen molar-refractivity contribution in [2.45, 2.75) is 19.0 Å². The molecule has 1 saturated heterocycles. The van der Waals surface area contributed by atoms with E-state index >= 15 is 0 Å². The largest absolute Gasteiger partial charge is 0.433 e. The number of halogens is 3. The zero-order chi connectivity index (χ0) is 20.1. The molecule has 0 saturated carbocycles. The van der Waals surface area contributed by atoms with E-state index in [1.54, 1.807) is 18.2 Å². The fourth-order valence-electron chi connectivity index (χ4n) is 2.81. The fourth-order valence-corrected chi connectivity index (χ4v) is 2.81. The normalized spacial score (nSPS) is 17.0. The van der Waals surface area contributed by atoms with Gasteiger partial charge in [0.05, 0.1) is 0 Å². The maximum absolute atomic E-state index is 12.7. The summed E-state index contributed by atoms with van der Waals surface area (Å²) < 4.78 is 38.2. The third-order valence-electron chi connectivity index (χ3n) is 4.23. The van der Waals surface area contributed by atoms with Crippen LogP contribution in [-0.4, -0.2) is 34.9 Å². The van der Waals surface area contributed by atoms with Crippen molar-refractivity contribution in [2.24, 2.45) is 5.92 Å². The molecule has 3 rings (SSSR count). The average molecular weight is 393 g/mol. The highest BCUT2D eigenvalue weighted by Crippen LogP contribution is 2.28. The van der Waals surface area contributed by atoms with E-state index in [0.29, 0.717) is 30.8 Å². The monoisotopic (exact) mass is 393 g/mol. The van der Waals surface area contributed by atoms with Crippen LogP contribution in [0.4, 0.5) is 24.8 Å². The molecule has 0 spiro atoms. The summed E-state index contributed by atoms with van der Waals surface area (Å²) in [6.45, 7) is 0.969. The number of hydrogen-bond donors (Lipinski definition) is 3. The van der Waals surface area contributed by atoms with Gasteiger partial charge in [-0.3, -0.25) is 9.59 Å². The summed E-state index contributed by atoms with van der Waals surface area (Å²) in [5.41, 5.74) is -0.350. The van der Waals surface area contributed by atoms with E-state index in [4.69, 9.17) is 0 Å². The van der Waals surface area contributed by atoms with Gasteiger partial charge in [0, 0.05) is 37.0 Å². The van der Waals surface area contributed by atoms with Gasteiger partial charge in [-0.25, -0.2) is 9.97 Å². The Morgan fingerprint density at radius 1 is 1.29 bits per heavy atom. The van der Waals surface area contributed by atoms with Crippen molar-refractivity contribution in [3.63, 3.8) is 0 Å². The lowest BCUT2D eigenvalue weighted by molar-refractivity contribution is -0.141. The number of anilines is 2. The molecule has 1 fully saturated rings. The van der Waals surface area contributed by atoms with Crippen molar-refractivity contribution >= 4 is 23.5 Å². The van der Waals surface area contributed by atoms with Crippen LogP contribution in [0.1, 0.15) is 28.9 Å². The fraction of sp³-hybridized carbons (Fsp3) is 0.333. The Morgan fingerprint density at radius 2 is 2.11 bits per heavy atom. The number of benzene rings is 1. The zero-order valence-electron chi connectivity index (χ0n) is 14.7.